The maximum Gasteiger partial charge on any atom is 0.220 e. The highest BCUT2D eigenvalue weighted by atomic mass is 16.6. The van der Waals surface area contributed by atoms with E-state index in [9.17, 15) is 4.79 Å². The lowest BCUT2D eigenvalue weighted by Crippen LogP contribution is -2.19. The number of nitrogens with one attached hydrogen (secondary N) is 1. The Hall–Kier alpha value is -3.64. The van der Waals surface area contributed by atoms with Crippen molar-refractivity contribution in [1.29, 1.82) is 0 Å². The summed E-state index contributed by atoms with van der Waals surface area (Å²) in [7, 11) is 0. The fourth-order valence-electron chi connectivity index (χ4n) is 4.29. The molecule has 0 radical (unpaired) electrons. The Morgan fingerprint density at radius 2 is 1.76 bits per heavy atom. The van der Waals surface area contributed by atoms with Gasteiger partial charge in [0, 0.05) is 23.9 Å². The Labute approximate surface area is 200 Å². The molecular weight excluding hydrogens is 424 g/mol. The number of nitrogens with two attached hydrogens (primary N) is 1. The quantitative estimate of drug-likeness (QED) is 0.212. The van der Waals surface area contributed by atoms with Gasteiger partial charge in [-0.3, -0.25) is 4.79 Å². The van der Waals surface area contributed by atoms with Gasteiger partial charge in [0.2, 0.25) is 5.91 Å². The number of amides is 1. The zero-order valence-electron chi connectivity index (χ0n) is 19.9. The molecule has 0 spiro atoms. The van der Waals surface area contributed by atoms with Crippen molar-refractivity contribution in [3.63, 3.8) is 0 Å². The predicted octanol–water partition coefficient (Wildman–Crippen LogP) is 4.30. The van der Waals surface area contributed by atoms with E-state index in [2.05, 4.69) is 83.5 Å². The van der Waals surface area contributed by atoms with Crippen molar-refractivity contribution >= 4 is 27.7 Å². The Morgan fingerprint density at radius 1 is 1.00 bits per heavy atom. The van der Waals surface area contributed by atoms with Crippen molar-refractivity contribution in [2.75, 3.05) is 13.2 Å². The summed E-state index contributed by atoms with van der Waals surface area (Å²) in [4.78, 5) is 16.6. The molecule has 0 aliphatic heterocycles. The SMILES string of the molecule is Cc1ccc2/c(=N/OCCC(N)=O)c3ccccc3n(CCCNCc3ccccc3)c2c1C. The van der Waals surface area contributed by atoms with Crippen LogP contribution in [0.2, 0.25) is 0 Å². The van der Waals surface area contributed by atoms with Crippen molar-refractivity contribution in [3.05, 3.63) is 88.8 Å². The number of primary amides is 1. The van der Waals surface area contributed by atoms with E-state index < -0.39 is 5.91 Å². The Bertz CT molecular complexity index is 1360. The number of hydrogen-bond donors (Lipinski definition) is 2. The second kappa shape index (κ2) is 11.0. The summed E-state index contributed by atoms with van der Waals surface area (Å²) < 4.78 is 2.40. The third kappa shape index (κ3) is 5.29. The molecule has 0 saturated carbocycles. The maximum absolute atomic E-state index is 11.1. The summed E-state index contributed by atoms with van der Waals surface area (Å²) in [5.41, 5.74) is 11.3. The molecule has 1 heterocycles. The number of aryl methyl sites for hydroxylation is 3. The van der Waals surface area contributed by atoms with E-state index in [4.69, 9.17) is 10.6 Å². The zero-order chi connectivity index (χ0) is 23.9. The summed E-state index contributed by atoms with van der Waals surface area (Å²) in [6.45, 7) is 7.13. The van der Waals surface area contributed by atoms with E-state index in [1.165, 1.54) is 22.2 Å². The van der Waals surface area contributed by atoms with Gasteiger partial charge in [-0.25, -0.2) is 0 Å². The number of carbonyl (C=O) groups excluding carboxylic acids is 1. The van der Waals surface area contributed by atoms with Gasteiger partial charge >= 0.3 is 0 Å². The third-order valence-electron chi connectivity index (χ3n) is 6.18. The molecule has 1 aromatic heterocycles. The normalized spacial score (nSPS) is 11.9. The number of nitrogens with zero attached hydrogens (tertiary/aromatic N) is 2. The van der Waals surface area contributed by atoms with E-state index in [0.29, 0.717) is 0 Å². The molecule has 0 aliphatic rings. The average molecular weight is 457 g/mol. The van der Waals surface area contributed by atoms with Crippen molar-refractivity contribution in [2.24, 2.45) is 10.9 Å². The molecule has 0 aliphatic carbocycles. The van der Waals surface area contributed by atoms with E-state index >= 15 is 0 Å². The number of para-hydroxylation sites is 1. The molecule has 0 unspecified atom stereocenters. The molecular formula is C28H32N4O2. The second-order valence-corrected chi connectivity index (χ2v) is 8.58. The van der Waals surface area contributed by atoms with Crippen LogP contribution in [0.3, 0.4) is 0 Å². The van der Waals surface area contributed by atoms with E-state index in [0.717, 1.165) is 47.7 Å². The first-order valence-electron chi connectivity index (χ1n) is 11.8. The van der Waals surface area contributed by atoms with Crippen molar-refractivity contribution in [3.8, 4) is 0 Å². The van der Waals surface area contributed by atoms with Crippen LogP contribution >= 0.6 is 0 Å². The minimum Gasteiger partial charge on any atom is -0.395 e. The van der Waals surface area contributed by atoms with E-state index in [1.54, 1.807) is 0 Å². The van der Waals surface area contributed by atoms with E-state index in [1.807, 2.05) is 12.1 Å². The van der Waals surface area contributed by atoms with Crippen LogP contribution in [0.25, 0.3) is 21.8 Å². The summed E-state index contributed by atoms with van der Waals surface area (Å²) in [5, 5.41) is 10.9. The van der Waals surface area contributed by atoms with E-state index in [-0.39, 0.29) is 13.0 Å². The van der Waals surface area contributed by atoms with Crippen molar-refractivity contribution in [2.45, 2.75) is 39.8 Å². The topological polar surface area (TPSA) is 81.6 Å². The average Bonchev–Trinajstić information content (AvgIpc) is 2.85. The van der Waals surface area contributed by atoms with Crippen LogP contribution in [0.4, 0.5) is 0 Å². The number of fused-ring (bicyclic) bond motifs is 2. The molecule has 0 saturated heterocycles. The van der Waals surface area contributed by atoms with Gasteiger partial charge in [-0.15, -0.1) is 0 Å². The number of rotatable bonds is 10. The Kier molecular flexibility index (Phi) is 7.60. The number of hydrogen-bond acceptors (Lipinski definition) is 4. The molecule has 3 N–H and O–H groups in total. The minimum absolute atomic E-state index is 0.139. The molecule has 4 aromatic rings. The number of pyridine rings is 1. The lowest BCUT2D eigenvalue weighted by Gasteiger charge is -2.19. The van der Waals surface area contributed by atoms with Gasteiger partial charge in [-0.1, -0.05) is 65.8 Å². The smallest absolute Gasteiger partial charge is 0.220 e. The molecule has 176 valence electrons. The lowest BCUT2D eigenvalue weighted by molar-refractivity contribution is -0.119. The van der Waals surface area contributed by atoms with Crippen molar-refractivity contribution in [1.82, 2.24) is 9.88 Å². The summed E-state index contributed by atoms with van der Waals surface area (Å²) in [5.74, 6) is -0.400. The molecule has 4 rings (SSSR count). The van der Waals surface area contributed by atoms with Gasteiger partial charge in [0.15, 0.2) is 0 Å². The molecule has 0 fully saturated rings. The van der Waals surface area contributed by atoms with Gasteiger partial charge < -0.3 is 20.5 Å². The van der Waals surface area contributed by atoms with Crippen LogP contribution in [0.1, 0.15) is 29.5 Å². The van der Waals surface area contributed by atoms with Gasteiger partial charge in [0.25, 0.3) is 0 Å². The number of aromatic nitrogens is 1. The van der Waals surface area contributed by atoms with Crippen LogP contribution in [-0.2, 0) is 22.7 Å². The molecule has 6 heteroatoms. The lowest BCUT2D eigenvalue weighted by atomic mass is 10.0. The fourth-order valence-corrected chi connectivity index (χ4v) is 4.29. The molecule has 34 heavy (non-hydrogen) atoms. The first kappa shape index (κ1) is 23.5. The summed E-state index contributed by atoms with van der Waals surface area (Å²) in [6, 6.07) is 23.0. The highest BCUT2D eigenvalue weighted by Gasteiger charge is 2.13. The Balaban J connectivity index is 1.68. The minimum atomic E-state index is -0.400. The highest BCUT2D eigenvalue weighted by Crippen LogP contribution is 2.25. The largest absolute Gasteiger partial charge is 0.395 e. The second-order valence-electron chi connectivity index (χ2n) is 8.58. The predicted molar refractivity (Wildman–Crippen MR) is 137 cm³/mol. The van der Waals surface area contributed by atoms with Crippen molar-refractivity contribution < 1.29 is 9.63 Å². The first-order valence-corrected chi connectivity index (χ1v) is 11.8. The van der Waals surface area contributed by atoms with Crippen LogP contribution < -0.4 is 16.4 Å². The zero-order valence-corrected chi connectivity index (χ0v) is 19.9. The standard InChI is InChI=1S/C28H32N4O2/c1-20-13-14-24-27(31-34-18-15-26(29)33)23-11-6-7-12-25(23)32(28(24)21(20)2)17-8-16-30-19-22-9-4-3-5-10-22/h3-7,9-14,30H,8,15-19H2,1-2H3,(H2,29,33)/b31-27+. The summed E-state index contributed by atoms with van der Waals surface area (Å²) >= 11 is 0. The molecule has 6 nitrogen and oxygen atoms in total. The number of benzene rings is 3. The Morgan fingerprint density at radius 3 is 2.56 bits per heavy atom. The van der Waals surface area contributed by atoms with Gasteiger partial charge in [-0.2, -0.15) is 0 Å². The third-order valence-corrected chi connectivity index (χ3v) is 6.18. The van der Waals surface area contributed by atoms with Crippen LogP contribution in [-0.4, -0.2) is 23.6 Å². The summed E-state index contributed by atoms with van der Waals surface area (Å²) in [6.07, 6.45) is 1.13. The molecule has 0 bridgehead atoms. The van der Waals surface area contributed by atoms with Crippen LogP contribution in [0, 0.1) is 13.8 Å². The van der Waals surface area contributed by atoms with Gasteiger partial charge in [0.1, 0.15) is 12.0 Å². The fraction of sp³-hybridized carbons (Fsp3) is 0.286. The first-order chi connectivity index (χ1) is 16.6. The van der Waals surface area contributed by atoms with Gasteiger partial charge in [-0.05, 0) is 49.6 Å². The molecule has 0 atom stereocenters. The highest BCUT2D eigenvalue weighted by molar-refractivity contribution is 5.95. The molecule has 1 amide bonds. The monoisotopic (exact) mass is 456 g/mol. The van der Waals surface area contributed by atoms with Gasteiger partial charge in [0.05, 0.1) is 17.5 Å². The number of carbonyl (C=O) groups is 1. The van der Waals surface area contributed by atoms with Crippen LogP contribution in [0.15, 0.2) is 71.9 Å². The molecule has 3 aromatic carbocycles. The maximum atomic E-state index is 11.1. The van der Waals surface area contributed by atoms with Crippen LogP contribution in [0.5, 0.6) is 0 Å².